The molecule has 4 aromatic rings. The SMILES string of the molecule is CC(=Nc1ccccn1)c1c(-c2ccccc2)[nH]n(-c2ccc(F)cc2)c1=O. The summed E-state index contributed by atoms with van der Waals surface area (Å²) >= 11 is 0. The lowest BCUT2D eigenvalue weighted by Gasteiger charge is -2.03. The third-order valence-electron chi connectivity index (χ3n) is 4.33. The number of aromatic amines is 1. The maximum absolute atomic E-state index is 13.3. The van der Waals surface area contributed by atoms with Crippen LogP contribution in [0.2, 0.25) is 0 Å². The largest absolute Gasteiger partial charge is 0.290 e. The normalized spacial score (nSPS) is 11.6. The molecule has 2 aromatic heterocycles. The third kappa shape index (κ3) is 3.40. The van der Waals surface area contributed by atoms with Crippen molar-refractivity contribution < 1.29 is 4.39 Å². The van der Waals surface area contributed by atoms with Crippen molar-refractivity contribution in [2.75, 3.05) is 0 Å². The summed E-state index contributed by atoms with van der Waals surface area (Å²) in [5, 5.41) is 3.15. The van der Waals surface area contributed by atoms with Crippen LogP contribution < -0.4 is 5.56 Å². The van der Waals surface area contributed by atoms with E-state index in [-0.39, 0.29) is 11.4 Å². The lowest BCUT2D eigenvalue weighted by Crippen LogP contribution is -2.19. The topological polar surface area (TPSA) is 63.0 Å². The van der Waals surface area contributed by atoms with Gasteiger partial charge in [-0.3, -0.25) is 9.89 Å². The van der Waals surface area contributed by atoms with E-state index in [4.69, 9.17) is 0 Å². The van der Waals surface area contributed by atoms with Gasteiger partial charge < -0.3 is 0 Å². The second kappa shape index (κ2) is 7.44. The van der Waals surface area contributed by atoms with E-state index < -0.39 is 0 Å². The van der Waals surface area contributed by atoms with Gasteiger partial charge in [0.05, 0.1) is 22.7 Å². The molecule has 0 saturated heterocycles. The van der Waals surface area contributed by atoms with Gasteiger partial charge >= 0.3 is 0 Å². The fourth-order valence-corrected chi connectivity index (χ4v) is 3.01. The molecule has 0 unspecified atom stereocenters. The van der Waals surface area contributed by atoms with Crippen molar-refractivity contribution >= 4 is 11.5 Å². The van der Waals surface area contributed by atoms with Crippen LogP contribution in [0.15, 0.2) is 88.8 Å². The Morgan fingerprint density at radius 2 is 1.71 bits per heavy atom. The molecule has 0 saturated carbocycles. The molecule has 0 spiro atoms. The number of benzene rings is 2. The highest BCUT2D eigenvalue weighted by molar-refractivity contribution is 6.04. The van der Waals surface area contributed by atoms with Crippen LogP contribution in [0.3, 0.4) is 0 Å². The summed E-state index contributed by atoms with van der Waals surface area (Å²) in [7, 11) is 0. The highest BCUT2D eigenvalue weighted by atomic mass is 19.1. The van der Waals surface area contributed by atoms with Crippen molar-refractivity contribution in [2.45, 2.75) is 6.92 Å². The molecule has 6 heteroatoms. The van der Waals surface area contributed by atoms with Crippen LogP contribution in [0.25, 0.3) is 16.9 Å². The number of aliphatic imine (C=N–C) groups is 1. The van der Waals surface area contributed by atoms with Gasteiger partial charge in [0.25, 0.3) is 5.56 Å². The fraction of sp³-hybridized carbons (Fsp3) is 0.0455. The van der Waals surface area contributed by atoms with Crippen molar-refractivity contribution in [3.8, 4) is 16.9 Å². The molecule has 0 aliphatic rings. The molecular formula is C22H17FN4O. The van der Waals surface area contributed by atoms with Crippen molar-refractivity contribution in [3.05, 3.63) is 101 Å². The molecule has 4 rings (SSSR count). The van der Waals surface area contributed by atoms with Gasteiger partial charge in [-0.15, -0.1) is 0 Å². The number of rotatable bonds is 4. The van der Waals surface area contributed by atoms with Crippen LogP contribution >= 0.6 is 0 Å². The molecule has 0 aliphatic heterocycles. The number of H-pyrrole nitrogens is 1. The Bertz CT molecular complexity index is 1180. The van der Waals surface area contributed by atoms with Crippen molar-refractivity contribution in [2.24, 2.45) is 4.99 Å². The first-order valence-corrected chi connectivity index (χ1v) is 8.76. The van der Waals surface area contributed by atoms with E-state index in [1.807, 2.05) is 42.5 Å². The molecule has 2 heterocycles. The molecule has 0 amide bonds. The summed E-state index contributed by atoms with van der Waals surface area (Å²) in [6, 6.07) is 20.7. The van der Waals surface area contributed by atoms with Gasteiger partial charge in [-0.05, 0) is 43.3 Å². The Balaban J connectivity index is 1.92. The Kier molecular flexibility index (Phi) is 4.68. The summed E-state index contributed by atoms with van der Waals surface area (Å²) < 4.78 is 14.7. The van der Waals surface area contributed by atoms with E-state index in [9.17, 15) is 9.18 Å². The van der Waals surface area contributed by atoms with Crippen molar-refractivity contribution in [3.63, 3.8) is 0 Å². The Morgan fingerprint density at radius 3 is 2.39 bits per heavy atom. The highest BCUT2D eigenvalue weighted by Crippen LogP contribution is 2.22. The predicted octanol–water partition coefficient (Wildman–Crippen LogP) is 4.51. The average molecular weight is 372 g/mol. The number of halogens is 1. The highest BCUT2D eigenvalue weighted by Gasteiger charge is 2.19. The van der Waals surface area contributed by atoms with Gasteiger partial charge in [0, 0.05) is 11.8 Å². The zero-order chi connectivity index (χ0) is 19.5. The minimum absolute atomic E-state index is 0.261. The minimum Gasteiger partial charge on any atom is -0.290 e. The molecule has 0 aliphatic carbocycles. The van der Waals surface area contributed by atoms with Gasteiger partial charge in [-0.2, -0.15) is 0 Å². The fourth-order valence-electron chi connectivity index (χ4n) is 3.01. The third-order valence-corrected chi connectivity index (χ3v) is 4.33. The van der Waals surface area contributed by atoms with Crippen LogP contribution in [0.1, 0.15) is 12.5 Å². The molecule has 0 bridgehead atoms. The Morgan fingerprint density at radius 1 is 1.00 bits per heavy atom. The van der Waals surface area contributed by atoms with Gasteiger partial charge in [0.1, 0.15) is 5.82 Å². The number of aromatic nitrogens is 3. The zero-order valence-electron chi connectivity index (χ0n) is 15.1. The summed E-state index contributed by atoms with van der Waals surface area (Å²) in [6.07, 6.45) is 1.65. The first-order chi connectivity index (χ1) is 13.6. The number of hydrogen-bond donors (Lipinski definition) is 1. The summed E-state index contributed by atoms with van der Waals surface area (Å²) in [5.41, 5.74) is 2.77. The molecule has 2 aromatic carbocycles. The van der Waals surface area contributed by atoms with Crippen LogP contribution in [-0.2, 0) is 0 Å². The molecule has 0 atom stereocenters. The Labute approximate surface area is 160 Å². The van der Waals surface area contributed by atoms with Crippen molar-refractivity contribution in [1.29, 1.82) is 0 Å². The predicted molar refractivity (Wildman–Crippen MR) is 108 cm³/mol. The summed E-state index contributed by atoms with van der Waals surface area (Å²) in [4.78, 5) is 21.9. The Hall–Kier alpha value is -3.80. The van der Waals surface area contributed by atoms with Gasteiger partial charge in [0.2, 0.25) is 0 Å². The first-order valence-electron chi connectivity index (χ1n) is 8.76. The average Bonchev–Trinajstić information content (AvgIpc) is 3.07. The number of pyridine rings is 1. The lowest BCUT2D eigenvalue weighted by atomic mass is 10.1. The summed E-state index contributed by atoms with van der Waals surface area (Å²) in [6.45, 7) is 1.78. The maximum atomic E-state index is 13.3. The smallest absolute Gasteiger partial charge is 0.280 e. The van der Waals surface area contributed by atoms with Gasteiger partial charge in [-0.25, -0.2) is 19.0 Å². The zero-order valence-corrected chi connectivity index (χ0v) is 15.1. The second-order valence-electron chi connectivity index (χ2n) is 6.23. The molecular weight excluding hydrogens is 355 g/mol. The number of nitrogens with zero attached hydrogens (tertiary/aromatic N) is 3. The molecule has 0 radical (unpaired) electrons. The van der Waals surface area contributed by atoms with E-state index in [0.717, 1.165) is 5.56 Å². The second-order valence-corrected chi connectivity index (χ2v) is 6.23. The van der Waals surface area contributed by atoms with Gasteiger partial charge in [-0.1, -0.05) is 36.4 Å². The minimum atomic E-state index is -0.361. The van der Waals surface area contributed by atoms with E-state index in [0.29, 0.717) is 28.5 Å². The quantitative estimate of drug-likeness (QED) is 0.536. The van der Waals surface area contributed by atoms with Crippen LogP contribution in [0.5, 0.6) is 0 Å². The van der Waals surface area contributed by atoms with Crippen molar-refractivity contribution in [1.82, 2.24) is 14.8 Å². The van der Waals surface area contributed by atoms with E-state index >= 15 is 0 Å². The van der Waals surface area contributed by atoms with Gasteiger partial charge in [0.15, 0.2) is 5.82 Å². The molecule has 138 valence electrons. The molecule has 1 N–H and O–H groups in total. The first kappa shape index (κ1) is 17.6. The molecule has 0 fully saturated rings. The van der Waals surface area contributed by atoms with E-state index in [1.54, 1.807) is 31.3 Å². The van der Waals surface area contributed by atoms with E-state index in [2.05, 4.69) is 15.1 Å². The van der Waals surface area contributed by atoms with Crippen LogP contribution in [0.4, 0.5) is 10.2 Å². The maximum Gasteiger partial charge on any atom is 0.280 e. The summed E-state index contributed by atoms with van der Waals surface area (Å²) in [5.74, 6) is 0.160. The van der Waals surface area contributed by atoms with E-state index in [1.165, 1.54) is 16.8 Å². The number of nitrogens with one attached hydrogen (secondary N) is 1. The monoisotopic (exact) mass is 372 g/mol. The standard InChI is InChI=1S/C22H17FN4O/c1-15(25-19-9-5-6-14-24-19)20-21(16-7-3-2-4-8-16)26-27(22(20)28)18-12-10-17(23)11-13-18/h2-14,26H,1H3. The molecule has 28 heavy (non-hydrogen) atoms. The lowest BCUT2D eigenvalue weighted by molar-refractivity contribution is 0.627. The molecule has 5 nitrogen and oxygen atoms in total. The number of hydrogen-bond acceptors (Lipinski definition) is 3. The van der Waals surface area contributed by atoms with Crippen LogP contribution in [-0.4, -0.2) is 20.5 Å². The van der Waals surface area contributed by atoms with Crippen LogP contribution in [0, 0.1) is 5.82 Å².